The fourth-order valence-electron chi connectivity index (χ4n) is 2.56. The molecule has 0 radical (unpaired) electrons. The van der Waals surface area contributed by atoms with Gasteiger partial charge in [-0.05, 0) is 31.2 Å². The van der Waals surface area contributed by atoms with Crippen LogP contribution in [-0.2, 0) is 0 Å². The molecule has 1 aromatic carbocycles. The highest BCUT2D eigenvalue weighted by atomic mass is 32.2. The van der Waals surface area contributed by atoms with Gasteiger partial charge in [0.05, 0.1) is 12.0 Å². The van der Waals surface area contributed by atoms with Gasteiger partial charge in [0.2, 0.25) is 0 Å². The van der Waals surface area contributed by atoms with Crippen LogP contribution in [0.5, 0.6) is 5.75 Å². The smallest absolute Gasteiger partial charge is 0.170 e. The molecule has 0 amide bonds. The average molecular weight is 252 g/mol. The predicted molar refractivity (Wildman–Crippen MR) is 65.2 cm³/mol. The summed E-state index contributed by atoms with van der Waals surface area (Å²) in [5.41, 5.74) is 0.101. The Morgan fingerprint density at radius 1 is 1.53 bits per heavy atom. The number of benzene rings is 1. The number of carbonyl (C=O) groups is 1. The largest absolute Gasteiger partial charge is 0.485 e. The Bertz CT molecular complexity index is 488. The molecule has 0 saturated carbocycles. The van der Waals surface area contributed by atoms with Crippen molar-refractivity contribution in [3.05, 3.63) is 29.6 Å². The highest BCUT2D eigenvalue weighted by Crippen LogP contribution is 2.45. The van der Waals surface area contributed by atoms with Crippen LogP contribution in [0, 0.1) is 5.82 Å². The van der Waals surface area contributed by atoms with Crippen LogP contribution >= 0.6 is 11.8 Å². The van der Waals surface area contributed by atoms with Crippen LogP contribution < -0.4 is 4.74 Å². The fourth-order valence-corrected chi connectivity index (χ4v) is 3.93. The van der Waals surface area contributed by atoms with Gasteiger partial charge in [-0.3, -0.25) is 4.79 Å². The zero-order valence-electron chi connectivity index (χ0n) is 9.53. The second-order valence-electron chi connectivity index (χ2n) is 4.67. The third kappa shape index (κ3) is 1.66. The number of rotatable bonds is 0. The normalized spacial score (nSPS) is 31.4. The molecule has 2 aliphatic rings. The third-order valence-corrected chi connectivity index (χ3v) is 5.02. The van der Waals surface area contributed by atoms with E-state index in [0.717, 1.165) is 12.2 Å². The molecule has 1 saturated heterocycles. The van der Waals surface area contributed by atoms with Crippen molar-refractivity contribution in [1.82, 2.24) is 0 Å². The Balaban J connectivity index is 2.05. The van der Waals surface area contributed by atoms with E-state index in [2.05, 4.69) is 6.92 Å². The zero-order chi connectivity index (χ0) is 12.0. The first-order chi connectivity index (χ1) is 8.11. The summed E-state index contributed by atoms with van der Waals surface area (Å²) in [5.74, 6) is 1.13. The van der Waals surface area contributed by atoms with E-state index in [0.29, 0.717) is 17.7 Å². The lowest BCUT2D eigenvalue weighted by Gasteiger charge is -2.37. The minimum absolute atomic E-state index is 0.0700. The number of hydrogen-bond acceptors (Lipinski definition) is 3. The molecule has 3 rings (SSSR count). The van der Waals surface area contributed by atoms with Crippen LogP contribution in [0.3, 0.4) is 0 Å². The summed E-state index contributed by atoms with van der Waals surface area (Å²) in [5, 5.41) is 0.280. The van der Waals surface area contributed by atoms with E-state index in [9.17, 15) is 9.18 Å². The van der Waals surface area contributed by atoms with Crippen molar-refractivity contribution in [1.29, 1.82) is 0 Å². The van der Waals surface area contributed by atoms with Crippen molar-refractivity contribution in [2.45, 2.75) is 30.6 Å². The Morgan fingerprint density at radius 2 is 2.35 bits per heavy atom. The van der Waals surface area contributed by atoms with E-state index >= 15 is 0 Å². The van der Waals surface area contributed by atoms with Crippen LogP contribution in [0.4, 0.5) is 4.39 Å². The number of ether oxygens (including phenoxy) is 1. The Kier molecular flexibility index (Phi) is 2.43. The van der Waals surface area contributed by atoms with Crippen molar-refractivity contribution >= 4 is 17.5 Å². The maximum Gasteiger partial charge on any atom is 0.170 e. The number of ketones is 1. The first-order valence-corrected chi connectivity index (χ1v) is 6.79. The lowest BCUT2D eigenvalue weighted by Crippen LogP contribution is -2.46. The van der Waals surface area contributed by atoms with E-state index in [1.807, 2.05) is 11.8 Å². The summed E-state index contributed by atoms with van der Waals surface area (Å²) in [6.45, 7) is 2.08. The number of hydrogen-bond donors (Lipinski definition) is 0. The number of Topliss-reactive ketones (excluding diaryl/α,β-unsaturated/α-hetero) is 1. The molecule has 0 bridgehead atoms. The van der Waals surface area contributed by atoms with E-state index in [1.165, 1.54) is 18.2 Å². The minimum Gasteiger partial charge on any atom is -0.485 e. The van der Waals surface area contributed by atoms with Crippen LogP contribution in [0.15, 0.2) is 18.2 Å². The van der Waals surface area contributed by atoms with Crippen molar-refractivity contribution in [3.63, 3.8) is 0 Å². The molecule has 2 nitrogen and oxygen atoms in total. The second-order valence-corrected chi connectivity index (χ2v) is 6.12. The van der Waals surface area contributed by atoms with E-state index in [1.54, 1.807) is 0 Å². The molecule has 2 heterocycles. The van der Waals surface area contributed by atoms with Gasteiger partial charge in [-0.1, -0.05) is 0 Å². The summed E-state index contributed by atoms with van der Waals surface area (Å²) < 4.78 is 19.2. The van der Waals surface area contributed by atoms with Crippen molar-refractivity contribution in [3.8, 4) is 5.75 Å². The van der Waals surface area contributed by atoms with Crippen LogP contribution in [0.2, 0.25) is 0 Å². The summed E-state index contributed by atoms with van der Waals surface area (Å²) >= 11 is 1.81. The molecule has 4 heteroatoms. The maximum atomic E-state index is 13.2. The number of halogens is 1. The SMILES string of the molecule is CC1SCCC12CC(=O)c1ccc(F)cc1O2. The Morgan fingerprint density at radius 3 is 3.06 bits per heavy atom. The van der Waals surface area contributed by atoms with Gasteiger partial charge >= 0.3 is 0 Å². The van der Waals surface area contributed by atoms with Gasteiger partial charge in [0.1, 0.15) is 17.2 Å². The van der Waals surface area contributed by atoms with Gasteiger partial charge in [0.15, 0.2) is 5.78 Å². The molecule has 2 aliphatic heterocycles. The van der Waals surface area contributed by atoms with Gasteiger partial charge in [0.25, 0.3) is 0 Å². The standard InChI is InChI=1S/C13H13FO2S/c1-8-13(4-5-17-8)7-11(15)10-3-2-9(14)6-12(10)16-13/h2-3,6,8H,4-5,7H2,1H3. The Hall–Kier alpha value is -1.03. The summed E-state index contributed by atoms with van der Waals surface area (Å²) in [6.07, 6.45) is 1.28. The number of fused-ring (bicyclic) bond motifs is 1. The summed E-state index contributed by atoms with van der Waals surface area (Å²) in [4.78, 5) is 12.1. The number of thioether (sulfide) groups is 1. The highest BCUT2D eigenvalue weighted by Gasteiger charge is 2.48. The first-order valence-electron chi connectivity index (χ1n) is 5.74. The average Bonchev–Trinajstić information content (AvgIpc) is 2.59. The molecule has 0 aliphatic carbocycles. The molecule has 1 spiro atoms. The van der Waals surface area contributed by atoms with Gasteiger partial charge in [-0.15, -0.1) is 0 Å². The molecule has 90 valence electrons. The first kappa shape index (κ1) is 11.1. The fraction of sp³-hybridized carbons (Fsp3) is 0.462. The van der Waals surface area contributed by atoms with Gasteiger partial charge in [0, 0.05) is 11.3 Å². The monoisotopic (exact) mass is 252 g/mol. The third-order valence-electron chi connectivity index (χ3n) is 3.65. The van der Waals surface area contributed by atoms with Gasteiger partial charge < -0.3 is 4.74 Å². The topological polar surface area (TPSA) is 26.3 Å². The second kappa shape index (κ2) is 3.73. The Labute approximate surface area is 104 Å². The maximum absolute atomic E-state index is 13.2. The lowest BCUT2D eigenvalue weighted by molar-refractivity contribution is 0.0437. The van der Waals surface area contributed by atoms with Crippen LogP contribution in [0.1, 0.15) is 30.1 Å². The minimum atomic E-state index is -0.414. The summed E-state index contributed by atoms with van der Waals surface area (Å²) in [7, 11) is 0. The lowest BCUT2D eigenvalue weighted by atomic mass is 9.86. The van der Waals surface area contributed by atoms with Crippen molar-refractivity contribution < 1.29 is 13.9 Å². The van der Waals surface area contributed by atoms with Crippen molar-refractivity contribution in [2.75, 3.05) is 5.75 Å². The quantitative estimate of drug-likeness (QED) is 0.710. The molecule has 0 N–H and O–H groups in total. The van der Waals surface area contributed by atoms with E-state index in [-0.39, 0.29) is 16.9 Å². The molecule has 0 aromatic heterocycles. The van der Waals surface area contributed by atoms with Gasteiger partial charge in [-0.25, -0.2) is 4.39 Å². The van der Waals surface area contributed by atoms with E-state index in [4.69, 9.17) is 4.74 Å². The predicted octanol–water partition coefficient (Wildman–Crippen LogP) is 3.06. The van der Waals surface area contributed by atoms with E-state index < -0.39 is 5.60 Å². The highest BCUT2D eigenvalue weighted by molar-refractivity contribution is 8.00. The van der Waals surface area contributed by atoms with Crippen LogP contribution in [0.25, 0.3) is 0 Å². The molecular weight excluding hydrogens is 239 g/mol. The zero-order valence-corrected chi connectivity index (χ0v) is 10.3. The molecular formula is C13H13FO2S. The van der Waals surface area contributed by atoms with Crippen LogP contribution in [-0.4, -0.2) is 22.4 Å². The summed E-state index contributed by atoms with van der Waals surface area (Å²) in [6, 6.07) is 4.15. The van der Waals surface area contributed by atoms with Gasteiger partial charge in [-0.2, -0.15) is 11.8 Å². The molecule has 1 fully saturated rings. The molecule has 2 atom stereocenters. The molecule has 1 aromatic rings. The van der Waals surface area contributed by atoms with Crippen molar-refractivity contribution in [2.24, 2.45) is 0 Å². The molecule has 2 unspecified atom stereocenters. The molecule has 17 heavy (non-hydrogen) atoms. The number of carbonyl (C=O) groups excluding carboxylic acids is 1.